The van der Waals surface area contributed by atoms with Crippen LogP contribution in [-0.2, 0) is 4.79 Å². The lowest BCUT2D eigenvalue weighted by atomic mass is 10.1. The molecule has 1 N–H and O–H groups in total. The molecule has 0 radical (unpaired) electrons. The first-order valence-electron chi connectivity index (χ1n) is 9.59. The number of hydrogen-bond donors (Lipinski definition) is 1. The highest BCUT2D eigenvalue weighted by Crippen LogP contribution is 2.36. The molecule has 2 fully saturated rings. The lowest BCUT2D eigenvalue weighted by Gasteiger charge is -2.32. The predicted octanol–water partition coefficient (Wildman–Crippen LogP) is 2.21. The van der Waals surface area contributed by atoms with Crippen LogP contribution in [0.25, 0.3) is 5.70 Å². The second-order valence-electron chi connectivity index (χ2n) is 7.20. The number of carbonyl (C=O) groups is 1. The summed E-state index contributed by atoms with van der Waals surface area (Å²) >= 11 is 0. The third-order valence-electron chi connectivity index (χ3n) is 5.55. The molecule has 7 heteroatoms. The maximum absolute atomic E-state index is 13.3. The zero-order valence-electron chi connectivity index (χ0n) is 16.2. The predicted molar refractivity (Wildman–Crippen MR) is 107 cm³/mol. The number of aromatic nitrogens is 1. The van der Waals surface area contributed by atoms with Crippen molar-refractivity contribution in [1.82, 2.24) is 19.7 Å². The molecule has 0 bridgehead atoms. The Balaban J connectivity index is 1.87. The van der Waals surface area contributed by atoms with Crippen LogP contribution in [0.1, 0.15) is 37.3 Å². The van der Waals surface area contributed by atoms with E-state index >= 15 is 0 Å². The molecule has 7 nitrogen and oxygen atoms in total. The van der Waals surface area contributed by atoms with E-state index in [1.807, 2.05) is 17.9 Å². The van der Waals surface area contributed by atoms with Gasteiger partial charge in [0, 0.05) is 38.1 Å². The summed E-state index contributed by atoms with van der Waals surface area (Å²) in [5.41, 5.74) is 2.16. The summed E-state index contributed by atoms with van der Waals surface area (Å²) in [5.74, 6) is 0.776. The molecule has 27 heavy (non-hydrogen) atoms. The lowest BCUT2D eigenvalue weighted by Crippen LogP contribution is -2.46. The molecule has 0 aliphatic carbocycles. The minimum absolute atomic E-state index is 0.182. The molecule has 1 atom stereocenters. The van der Waals surface area contributed by atoms with E-state index in [0.29, 0.717) is 11.4 Å². The number of H-pyrrole nitrogens is 1. The molecular weight excluding hydrogens is 340 g/mol. The Hall–Kier alpha value is -2.59. The van der Waals surface area contributed by atoms with Crippen molar-refractivity contribution in [3.8, 4) is 6.07 Å². The Morgan fingerprint density at radius 2 is 2.15 bits per heavy atom. The van der Waals surface area contributed by atoms with Crippen molar-refractivity contribution in [1.29, 1.82) is 5.26 Å². The van der Waals surface area contributed by atoms with Crippen molar-refractivity contribution >= 4 is 24.1 Å². The Morgan fingerprint density at radius 3 is 2.85 bits per heavy atom. The molecule has 2 aliphatic heterocycles. The van der Waals surface area contributed by atoms with Crippen LogP contribution < -0.4 is 0 Å². The number of allylic oxidation sites excluding steroid dienone is 1. The van der Waals surface area contributed by atoms with E-state index < -0.39 is 0 Å². The number of nitriles is 1. The SMILES string of the molecule is C=Nc1[nH]cc(C#N)c1/C(=C\C)N1CCC[C@H]1C(=O)N1CCCN(C)CC1. The molecule has 2 aliphatic rings. The van der Waals surface area contributed by atoms with Crippen molar-refractivity contribution in [2.75, 3.05) is 39.8 Å². The molecule has 2 saturated heterocycles. The maximum atomic E-state index is 13.3. The summed E-state index contributed by atoms with van der Waals surface area (Å²) in [6.07, 6.45) is 6.43. The lowest BCUT2D eigenvalue weighted by molar-refractivity contribution is -0.134. The van der Waals surface area contributed by atoms with Gasteiger partial charge in [0.25, 0.3) is 0 Å². The first kappa shape index (κ1) is 19.2. The summed E-state index contributed by atoms with van der Waals surface area (Å²) in [7, 11) is 2.10. The summed E-state index contributed by atoms with van der Waals surface area (Å²) < 4.78 is 0. The number of carbonyl (C=O) groups excluding carboxylic acids is 1. The standard InChI is InChI=1S/C20H28N6O/c1-4-16(18-15(13-21)14-23-19(18)22-2)26-10-5-7-17(26)20(27)25-9-6-8-24(3)11-12-25/h4,14,17,23H,2,5-12H2,1,3H3/b16-4+/t17-/m0/s1. The minimum atomic E-state index is -0.182. The number of nitrogens with one attached hydrogen (secondary N) is 1. The number of likely N-dealkylation sites (N-methyl/N-ethyl adjacent to an activating group) is 1. The van der Waals surface area contributed by atoms with Gasteiger partial charge in [-0.1, -0.05) is 6.08 Å². The summed E-state index contributed by atoms with van der Waals surface area (Å²) in [4.78, 5) is 26.8. The van der Waals surface area contributed by atoms with Gasteiger partial charge >= 0.3 is 0 Å². The fraction of sp³-hybridized carbons (Fsp3) is 0.550. The van der Waals surface area contributed by atoms with Gasteiger partial charge in [-0.15, -0.1) is 0 Å². The van der Waals surface area contributed by atoms with Crippen molar-refractivity contribution in [2.45, 2.75) is 32.2 Å². The normalized spacial score (nSPS) is 21.8. The highest BCUT2D eigenvalue weighted by molar-refractivity contribution is 5.86. The third-order valence-corrected chi connectivity index (χ3v) is 5.55. The molecule has 0 aromatic carbocycles. The number of likely N-dealkylation sites (tertiary alicyclic amines) is 1. The molecule has 3 heterocycles. The zero-order valence-corrected chi connectivity index (χ0v) is 16.2. The maximum Gasteiger partial charge on any atom is 0.245 e. The Kier molecular flexibility index (Phi) is 5.97. The molecule has 1 amide bonds. The fourth-order valence-electron chi connectivity index (χ4n) is 4.13. The van der Waals surface area contributed by atoms with Gasteiger partial charge in [-0.2, -0.15) is 5.26 Å². The number of nitrogens with zero attached hydrogens (tertiary/aromatic N) is 5. The van der Waals surface area contributed by atoms with Crippen LogP contribution in [0.4, 0.5) is 5.82 Å². The third kappa shape index (κ3) is 3.76. The van der Waals surface area contributed by atoms with Gasteiger partial charge in [0.15, 0.2) is 0 Å². The van der Waals surface area contributed by atoms with Crippen LogP contribution in [0, 0.1) is 11.3 Å². The van der Waals surface area contributed by atoms with Crippen LogP contribution >= 0.6 is 0 Å². The van der Waals surface area contributed by atoms with Gasteiger partial charge in [0.1, 0.15) is 17.9 Å². The molecule has 0 unspecified atom stereocenters. The number of aromatic amines is 1. The van der Waals surface area contributed by atoms with Gasteiger partial charge in [-0.05, 0) is 46.5 Å². The van der Waals surface area contributed by atoms with Gasteiger partial charge in [0.05, 0.1) is 11.1 Å². The van der Waals surface area contributed by atoms with Crippen molar-refractivity contribution in [3.63, 3.8) is 0 Å². The average molecular weight is 368 g/mol. The molecular formula is C20H28N6O. The van der Waals surface area contributed by atoms with Crippen molar-refractivity contribution in [3.05, 3.63) is 23.4 Å². The Bertz CT molecular complexity index is 774. The second kappa shape index (κ2) is 8.40. The zero-order chi connectivity index (χ0) is 19.4. The topological polar surface area (TPSA) is 78.7 Å². The molecule has 1 aromatic heterocycles. The number of amides is 1. The van der Waals surface area contributed by atoms with Crippen molar-refractivity contribution < 1.29 is 4.79 Å². The average Bonchev–Trinajstić information content (AvgIpc) is 3.26. The molecule has 1 aromatic rings. The van der Waals surface area contributed by atoms with Crippen molar-refractivity contribution in [2.24, 2.45) is 4.99 Å². The summed E-state index contributed by atoms with van der Waals surface area (Å²) in [5, 5.41) is 9.49. The van der Waals surface area contributed by atoms with E-state index in [4.69, 9.17) is 0 Å². The minimum Gasteiger partial charge on any atom is -0.359 e. The Labute approximate surface area is 161 Å². The second-order valence-corrected chi connectivity index (χ2v) is 7.20. The van der Waals surface area contributed by atoms with E-state index in [-0.39, 0.29) is 11.9 Å². The Morgan fingerprint density at radius 1 is 1.33 bits per heavy atom. The fourth-order valence-corrected chi connectivity index (χ4v) is 4.13. The van der Waals surface area contributed by atoms with Gasteiger partial charge in [-0.25, -0.2) is 4.99 Å². The van der Waals surface area contributed by atoms with E-state index in [1.54, 1.807) is 6.20 Å². The van der Waals surface area contributed by atoms with Crippen LogP contribution in [0.15, 0.2) is 17.3 Å². The van der Waals surface area contributed by atoms with Crippen LogP contribution in [0.5, 0.6) is 0 Å². The first-order valence-corrected chi connectivity index (χ1v) is 9.59. The number of rotatable bonds is 4. The van der Waals surface area contributed by atoms with E-state index in [1.165, 1.54) is 0 Å². The van der Waals surface area contributed by atoms with E-state index in [2.05, 4.69) is 39.6 Å². The van der Waals surface area contributed by atoms with Crippen LogP contribution in [0.2, 0.25) is 0 Å². The molecule has 3 rings (SSSR count). The molecule has 0 spiro atoms. The highest BCUT2D eigenvalue weighted by Gasteiger charge is 2.36. The van der Waals surface area contributed by atoms with Gasteiger partial charge in [0.2, 0.25) is 5.91 Å². The van der Waals surface area contributed by atoms with Gasteiger partial charge in [-0.3, -0.25) is 4.79 Å². The summed E-state index contributed by atoms with van der Waals surface area (Å²) in [6.45, 7) is 9.88. The van der Waals surface area contributed by atoms with Crippen LogP contribution in [0.3, 0.4) is 0 Å². The molecule has 0 saturated carbocycles. The molecule has 144 valence electrons. The number of aliphatic imine (C=N–C) groups is 1. The van der Waals surface area contributed by atoms with E-state index in [0.717, 1.165) is 63.2 Å². The highest BCUT2D eigenvalue weighted by atomic mass is 16.2. The quantitative estimate of drug-likeness (QED) is 0.827. The summed E-state index contributed by atoms with van der Waals surface area (Å²) in [6, 6.07) is 2.04. The van der Waals surface area contributed by atoms with Crippen LogP contribution in [-0.4, -0.2) is 78.1 Å². The van der Waals surface area contributed by atoms with E-state index in [9.17, 15) is 10.1 Å². The monoisotopic (exact) mass is 368 g/mol. The largest absolute Gasteiger partial charge is 0.359 e. The first-order chi connectivity index (χ1) is 13.1. The number of hydrogen-bond acceptors (Lipinski definition) is 5. The van der Waals surface area contributed by atoms with Gasteiger partial charge < -0.3 is 19.7 Å². The smallest absolute Gasteiger partial charge is 0.245 e.